The first-order valence-corrected chi connectivity index (χ1v) is 6.67. The highest BCUT2D eigenvalue weighted by Gasteiger charge is 2.26. The summed E-state index contributed by atoms with van der Waals surface area (Å²) < 4.78 is 38.2. The Balaban J connectivity index is 1.99. The van der Waals surface area contributed by atoms with Gasteiger partial charge in [-0.1, -0.05) is 0 Å². The maximum atomic E-state index is 12.1. The molecule has 0 unspecified atom stereocenters. The van der Waals surface area contributed by atoms with Crippen molar-refractivity contribution in [3.05, 3.63) is 23.0 Å². The lowest BCUT2D eigenvalue weighted by molar-refractivity contribution is -0.135. The molecule has 0 saturated carbocycles. The maximum Gasteiger partial charge on any atom is 0.389 e. The number of fused-ring (bicyclic) bond motifs is 1. The molecule has 0 bridgehead atoms. The van der Waals surface area contributed by atoms with Gasteiger partial charge in [-0.3, -0.25) is 4.79 Å². The van der Waals surface area contributed by atoms with Gasteiger partial charge >= 0.3 is 6.18 Å². The number of aryl methyl sites for hydroxylation is 1. The molecule has 0 radical (unpaired) electrons. The number of ketones is 1. The Labute approximate surface area is 110 Å². The van der Waals surface area contributed by atoms with Gasteiger partial charge in [-0.15, -0.1) is 0 Å². The van der Waals surface area contributed by atoms with Crippen molar-refractivity contribution in [2.45, 2.75) is 58.2 Å². The lowest BCUT2D eigenvalue weighted by Crippen LogP contribution is -2.14. The van der Waals surface area contributed by atoms with E-state index in [0.29, 0.717) is 19.4 Å². The first kappa shape index (κ1) is 14.2. The molecule has 0 aliphatic heterocycles. The Hall–Kier alpha value is -1.26. The summed E-state index contributed by atoms with van der Waals surface area (Å²) in [6.07, 6.45) is -1.87. The second-order valence-electron chi connectivity index (χ2n) is 5.15. The van der Waals surface area contributed by atoms with Crippen LogP contribution < -0.4 is 0 Å². The van der Waals surface area contributed by atoms with Gasteiger partial charge in [0.2, 0.25) is 0 Å². The van der Waals surface area contributed by atoms with E-state index in [1.165, 1.54) is 0 Å². The summed E-state index contributed by atoms with van der Waals surface area (Å²) in [5.41, 5.74) is 2.77. The summed E-state index contributed by atoms with van der Waals surface area (Å²) in [7, 11) is 0. The molecule has 1 aromatic rings. The van der Waals surface area contributed by atoms with Crippen LogP contribution in [0.3, 0.4) is 0 Å². The second kappa shape index (κ2) is 5.39. The molecule has 1 aliphatic rings. The lowest BCUT2D eigenvalue weighted by atomic mass is 9.96. The lowest BCUT2D eigenvalue weighted by Gasteiger charge is -2.16. The summed E-state index contributed by atoms with van der Waals surface area (Å²) in [5.74, 6) is 0.165. The fraction of sp³-hybridized carbons (Fsp3) is 0.643. The van der Waals surface area contributed by atoms with Crippen LogP contribution >= 0.6 is 0 Å². The number of carbonyl (C=O) groups is 1. The minimum Gasteiger partial charge on any atom is -0.348 e. The molecular formula is C14H18F3NO. The Bertz CT molecular complexity index is 474. The first-order valence-electron chi connectivity index (χ1n) is 6.67. The summed E-state index contributed by atoms with van der Waals surface area (Å²) in [6, 6.07) is 1.88. The molecule has 0 atom stereocenters. The zero-order chi connectivity index (χ0) is 14.0. The van der Waals surface area contributed by atoms with E-state index in [-0.39, 0.29) is 12.2 Å². The summed E-state index contributed by atoms with van der Waals surface area (Å²) >= 11 is 0. The normalized spacial score (nSPS) is 15.7. The summed E-state index contributed by atoms with van der Waals surface area (Å²) in [6.45, 7) is 2.49. The highest BCUT2D eigenvalue weighted by atomic mass is 19.4. The van der Waals surface area contributed by atoms with Gasteiger partial charge in [0, 0.05) is 36.3 Å². The van der Waals surface area contributed by atoms with E-state index in [2.05, 4.69) is 0 Å². The van der Waals surface area contributed by atoms with Crippen LogP contribution in [0.15, 0.2) is 6.07 Å². The predicted octanol–water partition coefficient (Wildman–Crippen LogP) is 4.05. The van der Waals surface area contributed by atoms with Crippen LogP contribution in [0.25, 0.3) is 0 Å². The van der Waals surface area contributed by atoms with E-state index in [1.54, 1.807) is 0 Å². The summed E-state index contributed by atoms with van der Waals surface area (Å²) in [5, 5.41) is 0. The highest BCUT2D eigenvalue weighted by molar-refractivity contribution is 5.98. The van der Waals surface area contributed by atoms with E-state index in [1.807, 2.05) is 17.6 Å². The number of hydrogen-bond acceptors (Lipinski definition) is 1. The van der Waals surface area contributed by atoms with Crippen molar-refractivity contribution in [1.29, 1.82) is 0 Å². The smallest absolute Gasteiger partial charge is 0.348 e. The molecule has 0 amide bonds. The Kier molecular flexibility index (Phi) is 4.02. The average molecular weight is 273 g/mol. The molecule has 2 nitrogen and oxygen atoms in total. The molecule has 2 rings (SSSR count). The van der Waals surface area contributed by atoms with Gasteiger partial charge < -0.3 is 4.57 Å². The predicted molar refractivity (Wildman–Crippen MR) is 66.3 cm³/mol. The molecule has 19 heavy (non-hydrogen) atoms. The summed E-state index contributed by atoms with van der Waals surface area (Å²) in [4.78, 5) is 11.8. The molecule has 0 saturated heterocycles. The third-order valence-corrected chi connectivity index (χ3v) is 3.63. The number of halogens is 3. The van der Waals surface area contributed by atoms with Crippen LogP contribution in [0.1, 0.15) is 53.8 Å². The molecule has 1 aromatic heterocycles. The molecule has 0 aromatic carbocycles. The molecule has 0 spiro atoms. The third-order valence-electron chi connectivity index (χ3n) is 3.63. The van der Waals surface area contributed by atoms with Crippen molar-refractivity contribution >= 4 is 5.78 Å². The Morgan fingerprint density at radius 1 is 1.26 bits per heavy atom. The van der Waals surface area contributed by atoms with Crippen LogP contribution in [-0.4, -0.2) is 16.5 Å². The average Bonchev–Trinajstić information content (AvgIpc) is 2.62. The zero-order valence-corrected chi connectivity index (χ0v) is 11.0. The van der Waals surface area contributed by atoms with Gasteiger partial charge in [-0.25, -0.2) is 0 Å². The number of Topliss-reactive ketones (excluding diaryl/α,β-unsaturated/α-hetero) is 1. The monoisotopic (exact) mass is 273 g/mol. The maximum absolute atomic E-state index is 12.1. The number of alkyl halides is 3. The Morgan fingerprint density at radius 2 is 2.00 bits per heavy atom. The number of nitrogens with zero attached hydrogens (tertiary/aromatic N) is 1. The van der Waals surface area contributed by atoms with Gasteiger partial charge in [0.05, 0.1) is 0 Å². The van der Waals surface area contributed by atoms with Crippen LogP contribution in [0.2, 0.25) is 0 Å². The van der Waals surface area contributed by atoms with Crippen molar-refractivity contribution in [2.24, 2.45) is 0 Å². The zero-order valence-electron chi connectivity index (χ0n) is 11.0. The topological polar surface area (TPSA) is 22.0 Å². The van der Waals surface area contributed by atoms with Crippen LogP contribution in [-0.2, 0) is 13.0 Å². The molecule has 1 aliphatic carbocycles. The fourth-order valence-electron chi connectivity index (χ4n) is 2.70. The van der Waals surface area contributed by atoms with Gasteiger partial charge in [-0.05, 0) is 38.7 Å². The first-order chi connectivity index (χ1) is 8.88. The second-order valence-corrected chi connectivity index (χ2v) is 5.15. The number of hydrogen-bond donors (Lipinski definition) is 0. The van der Waals surface area contributed by atoms with Gasteiger partial charge in [0.25, 0.3) is 0 Å². The minimum absolute atomic E-state index is 0.143. The van der Waals surface area contributed by atoms with Crippen LogP contribution in [0.4, 0.5) is 13.2 Å². The molecular weight excluding hydrogens is 255 g/mol. The fourth-order valence-corrected chi connectivity index (χ4v) is 2.70. The number of aromatic nitrogens is 1. The quantitative estimate of drug-likeness (QED) is 0.759. The highest BCUT2D eigenvalue weighted by Crippen LogP contribution is 2.26. The number of rotatable bonds is 4. The van der Waals surface area contributed by atoms with E-state index in [0.717, 1.165) is 29.8 Å². The van der Waals surface area contributed by atoms with Crippen LogP contribution in [0.5, 0.6) is 0 Å². The van der Waals surface area contributed by atoms with Gasteiger partial charge in [0.15, 0.2) is 5.78 Å². The molecule has 0 fully saturated rings. The van der Waals surface area contributed by atoms with Gasteiger partial charge in [0.1, 0.15) is 0 Å². The number of unbranched alkanes of at least 4 members (excludes halogenated alkanes) is 1. The van der Waals surface area contributed by atoms with Crippen molar-refractivity contribution in [1.82, 2.24) is 4.57 Å². The molecule has 106 valence electrons. The van der Waals surface area contributed by atoms with E-state index in [4.69, 9.17) is 0 Å². The van der Waals surface area contributed by atoms with Crippen molar-refractivity contribution < 1.29 is 18.0 Å². The minimum atomic E-state index is -4.07. The van der Waals surface area contributed by atoms with Crippen molar-refractivity contribution in [3.63, 3.8) is 0 Å². The standard InChI is InChI=1S/C14H18F3NO/c1-10-9-11-12(5-4-6-13(11)19)18(10)8-3-2-7-14(15,16)17/h9H,2-8H2,1H3. The van der Waals surface area contributed by atoms with Gasteiger partial charge in [-0.2, -0.15) is 13.2 Å². The van der Waals surface area contributed by atoms with Crippen LogP contribution in [0, 0.1) is 6.92 Å². The number of carbonyl (C=O) groups excluding carboxylic acids is 1. The SMILES string of the molecule is Cc1cc2c(n1CCCCC(F)(F)F)CCCC2=O. The third kappa shape index (κ3) is 3.39. The molecule has 5 heteroatoms. The Morgan fingerprint density at radius 3 is 2.68 bits per heavy atom. The molecule has 0 N–H and O–H groups in total. The molecule has 1 heterocycles. The van der Waals surface area contributed by atoms with Crippen molar-refractivity contribution in [3.8, 4) is 0 Å². The van der Waals surface area contributed by atoms with E-state index in [9.17, 15) is 18.0 Å². The van der Waals surface area contributed by atoms with E-state index < -0.39 is 12.6 Å². The largest absolute Gasteiger partial charge is 0.389 e. The van der Waals surface area contributed by atoms with Crippen molar-refractivity contribution in [2.75, 3.05) is 0 Å². The van der Waals surface area contributed by atoms with E-state index >= 15 is 0 Å².